The van der Waals surface area contributed by atoms with E-state index in [4.69, 9.17) is 9.47 Å². The van der Waals surface area contributed by atoms with Gasteiger partial charge in [-0.2, -0.15) is 13.2 Å². The zero-order chi connectivity index (χ0) is 14.6. The average Bonchev–Trinajstić information content (AvgIpc) is 2.34. The minimum absolute atomic E-state index is 0.0716. The van der Waals surface area contributed by atoms with E-state index in [1.165, 1.54) is 13.2 Å². The minimum atomic E-state index is -4.82. The molecule has 0 spiro atoms. The van der Waals surface area contributed by atoms with Gasteiger partial charge in [0.2, 0.25) is 0 Å². The molecule has 0 radical (unpaired) electrons. The summed E-state index contributed by atoms with van der Waals surface area (Å²) in [6, 6.07) is 2.64. The molecule has 1 unspecified atom stereocenters. The Morgan fingerprint density at radius 1 is 1.42 bits per heavy atom. The van der Waals surface area contributed by atoms with E-state index in [1.807, 2.05) is 0 Å². The van der Waals surface area contributed by atoms with Crippen molar-refractivity contribution in [3.8, 4) is 0 Å². The highest BCUT2D eigenvalue weighted by atomic mass is 19.4. The van der Waals surface area contributed by atoms with Gasteiger partial charge >= 0.3 is 6.18 Å². The van der Waals surface area contributed by atoms with Crippen LogP contribution in [0.4, 0.5) is 18.9 Å². The second-order valence-corrected chi connectivity index (χ2v) is 3.55. The summed E-state index contributed by atoms with van der Waals surface area (Å²) >= 11 is 0. The molecule has 1 atom stereocenters. The van der Waals surface area contributed by atoms with Crippen LogP contribution in [0.5, 0.6) is 0 Å². The lowest BCUT2D eigenvalue weighted by atomic mass is 10.1. The topological polar surface area (TPSA) is 61.6 Å². The number of rotatable bonds is 5. The van der Waals surface area contributed by atoms with Crippen LogP contribution in [0.15, 0.2) is 18.2 Å². The van der Waals surface area contributed by atoms with Crippen LogP contribution >= 0.6 is 0 Å². The normalized spacial score (nSPS) is 13.3. The van der Waals surface area contributed by atoms with Crippen molar-refractivity contribution in [1.29, 1.82) is 0 Å². The Balaban J connectivity index is 3.29. The quantitative estimate of drug-likeness (QED) is 0.471. The Morgan fingerprint density at radius 2 is 2.05 bits per heavy atom. The van der Waals surface area contributed by atoms with Gasteiger partial charge in [-0.1, -0.05) is 0 Å². The first-order chi connectivity index (χ1) is 8.81. The second-order valence-electron chi connectivity index (χ2n) is 3.55. The van der Waals surface area contributed by atoms with E-state index in [2.05, 4.69) is 0 Å². The van der Waals surface area contributed by atoms with Crippen LogP contribution in [-0.2, 0) is 15.7 Å². The van der Waals surface area contributed by atoms with E-state index in [0.29, 0.717) is 6.07 Å². The maximum atomic E-state index is 12.8. The number of methoxy groups -OCH3 is 1. The number of ether oxygens (including phenoxy) is 2. The highest BCUT2D eigenvalue weighted by Crippen LogP contribution is 2.37. The summed E-state index contributed by atoms with van der Waals surface area (Å²) in [5, 5.41) is 10.6. The van der Waals surface area contributed by atoms with E-state index in [-0.39, 0.29) is 12.2 Å². The third-order valence-corrected chi connectivity index (χ3v) is 2.33. The summed E-state index contributed by atoms with van der Waals surface area (Å²) in [5.74, 6) is 0. The van der Waals surface area contributed by atoms with Gasteiger partial charge < -0.3 is 9.47 Å². The fraction of sp³-hybridized carbons (Fsp3) is 0.455. The van der Waals surface area contributed by atoms with Crippen molar-refractivity contribution >= 4 is 5.69 Å². The predicted octanol–water partition coefficient (Wildman–Crippen LogP) is 3.30. The van der Waals surface area contributed by atoms with Crippen molar-refractivity contribution < 1.29 is 27.6 Å². The Morgan fingerprint density at radius 3 is 2.47 bits per heavy atom. The molecule has 19 heavy (non-hydrogen) atoms. The molecule has 0 bridgehead atoms. The van der Waals surface area contributed by atoms with Crippen molar-refractivity contribution in [1.82, 2.24) is 0 Å². The van der Waals surface area contributed by atoms with Crippen LogP contribution in [0.2, 0.25) is 0 Å². The molecule has 0 amide bonds. The highest BCUT2D eigenvalue weighted by Gasteiger charge is 2.38. The van der Waals surface area contributed by atoms with Crippen LogP contribution in [0.1, 0.15) is 24.3 Å². The van der Waals surface area contributed by atoms with E-state index in [1.54, 1.807) is 6.92 Å². The van der Waals surface area contributed by atoms with Crippen LogP contribution < -0.4 is 0 Å². The van der Waals surface area contributed by atoms with Gasteiger partial charge in [-0.25, -0.2) is 0 Å². The molecule has 0 saturated carbocycles. The molecule has 1 rings (SSSR count). The molecule has 1 aromatic rings. The molecule has 0 saturated heterocycles. The maximum absolute atomic E-state index is 12.8. The van der Waals surface area contributed by atoms with Crippen molar-refractivity contribution in [2.24, 2.45) is 0 Å². The molecule has 0 fully saturated rings. The number of nitro benzene ring substituents is 1. The molecular weight excluding hydrogens is 267 g/mol. The molecule has 0 aliphatic heterocycles. The van der Waals surface area contributed by atoms with Gasteiger partial charge in [0.25, 0.3) is 5.69 Å². The molecule has 0 heterocycles. The number of hydrogen-bond donors (Lipinski definition) is 0. The summed E-state index contributed by atoms with van der Waals surface area (Å²) in [5.41, 5.74) is -2.25. The summed E-state index contributed by atoms with van der Waals surface area (Å²) in [6.07, 6.45) is -5.81. The Hall–Kier alpha value is -1.67. The SMILES string of the molecule is CCOC(OC)c1ccc([N+](=O)[O-])c(C(F)(F)F)c1. The van der Waals surface area contributed by atoms with Crippen LogP contribution in [0, 0.1) is 10.1 Å². The van der Waals surface area contributed by atoms with Gasteiger partial charge in [0.05, 0.1) is 4.92 Å². The van der Waals surface area contributed by atoms with Crippen LogP contribution in [-0.4, -0.2) is 18.6 Å². The number of nitrogens with zero attached hydrogens (tertiary/aromatic N) is 1. The number of benzene rings is 1. The van der Waals surface area contributed by atoms with Gasteiger partial charge in [0.15, 0.2) is 6.29 Å². The molecule has 106 valence electrons. The average molecular weight is 279 g/mol. The molecule has 8 heteroatoms. The van der Waals surface area contributed by atoms with Crippen LogP contribution in [0.25, 0.3) is 0 Å². The monoisotopic (exact) mass is 279 g/mol. The Labute approximate surface area is 107 Å². The summed E-state index contributed by atoms with van der Waals surface area (Å²) < 4.78 is 48.2. The molecule has 0 aliphatic carbocycles. The van der Waals surface area contributed by atoms with Crippen molar-refractivity contribution in [2.45, 2.75) is 19.4 Å². The molecule has 0 aromatic heterocycles. The zero-order valence-corrected chi connectivity index (χ0v) is 10.2. The minimum Gasteiger partial charge on any atom is -0.352 e. The first kappa shape index (κ1) is 15.4. The van der Waals surface area contributed by atoms with E-state index in [9.17, 15) is 23.3 Å². The van der Waals surface area contributed by atoms with Gasteiger partial charge in [-0.05, 0) is 19.1 Å². The maximum Gasteiger partial charge on any atom is 0.423 e. The lowest BCUT2D eigenvalue weighted by molar-refractivity contribution is -0.388. The summed E-state index contributed by atoms with van der Waals surface area (Å²) in [4.78, 5) is 9.51. The van der Waals surface area contributed by atoms with Crippen molar-refractivity contribution in [3.05, 3.63) is 39.4 Å². The van der Waals surface area contributed by atoms with E-state index >= 15 is 0 Å². The van der Waals surface area contributed by atoms with Gasteiger partial charge in [0.1, 0.15) is 5.56 Å². The fourth-order valence-electron chi connectivity index (χ4n) is 1.54. The summed E-state index contributed by atoms with van der Waals surface area (Å²) in [6.45, 7) is 1.89. The number of alkyl halides is 3. The number of hydrogen-bond acceptors (Lipinski definition) is 4. The number of halogens is 3. The van der Waals surface area contributed by atoms with Crippen molar-refractivity contribution in [3.63, 3.8) is 0 Å². The Kier molecular flexibility index (Phi) is 4.84. The highest BCUT2D eigenvalue weighted by molar-refractivity contribution is 5.45. The largest absolute Gasteiger partial charge is 0.423 e. The zero-order valence-electron chi connectivity index (χ0n) is 10.2. The van der Waals surface area contributed by atoms with Gasteiger partial charge in [-0.3, -0.25) is 10.1 Å². The van der Waals surface area contributed by atoms with Crippen LogP contribution in [0.3, 0.4) is 0 Å². The Bertz CT molecular complexity index is 462. The lowest BCUT2D eigenvalue weighted by Crippen LogP contribution is -2.12. The lowest BCUT2D eigenvalue weighted by Gasteiger charge is -2.17. The van der Waals surface area contributed by atoms with E-state index < -0.39 is 28.6 Å². The van der Waals surface area contributed by atoms with Crippen molar-refractivity contribution in [2.75, 3.05) is 13.7 Å². The fourth-order valence-corrected chi connectivity index (χ4v) is 1.54. The second kappa shape index (κ2) is 5.98. The molecular formula is C11H12F3NO4. The molecule has 0 N–H and O–H groups in total. The number of nitro groups is 1. The smallest absolute Gasteiger partial charge is 0.352 e. The van der Waals surface area contributed by atoms with Gasteiger partial charge in [0, 0.05) is 25.3 Å². The first-order valence-electron chi connectivity index (χ1n) is 5.31. The predicted molar refractivity (Wildman–Crippen MR) is 59.5 cm³/mol. The standard InChI is InChI=1S/C11H12F3NO4/c1-3-19-10(18-2)7-4-5-9(15(16)17)8(6-7)11(12,13)14/h4-6,10H,3H2,1-2H3. The molecule has 0 aliphatic rings. The third-order valence-electron chi connectivity index (χ3n) is 2.33. The first-order valence-corrected chi connectivity index (χ1v) is 5.31. The molecule has 1 aromatic carbocycles. The molecule has 5 nitrogen and oxygen atoms in total. The van der Waals surface area contributed by atoms with E-state index in [0.717, 1.165) is 6.07 Å². The summed E-state index contributed by atoms with van der Waals surface area (Å²) in [7, 11) is 1.27. The van der Waals surface area contributed by atoms with Gasteiger partial charge in [-0.15, -0.1) is 0 Å². The third kappa shape index (κ3) is 3.65.